The Bertz CT molecular complexity index is 1240. The third-order valence-corrected chi connectivity index (χ3v) is 11.9. The molecule has 0 bridgehead atoms. The molecule has 0 fully saturated rings. The molecular formula is C53H97N2O6P. The minimum atomic E-state index is -4.60. The van der Waals surface area contributed by atoms with Crippen molar-refractivity contribution in [1.82, 2.24) is 5.32 Å². The molecule has 1 amide bonds. The third-order valence-electron chi connectivity index (χ3n) is 10.9. The fourth-order valence-electron chi connectivity index (χ4n) is 6.92. The molecule has 62 heavy (non-hydrogen) atoms. The highest BCUT2D eigenvalue weighted by molar-refractivity contribution is 7.45. The van der Waals surface area contributed by atoms with Crippen LogP contribution >= 0.6 is 7.82 Å². The van der Waals surface area contributed by atoms with E-state index in [0.717, 1.165) is 64.2 Å². The number of likely N-dealkylation sites (N-methyl/N-ethyl adjacent to an activating group) is 1. The van der Waals surface area contributed by atoms with Crippen molar-refractivity contribution in [2.75, 3.05) is 40.9 Å². The van der Waals surface area contributed by atoms with Crippen molar-refractivity contribution < 1.29 is 32.9 Å². The number of aliphatic hydroxyl groups is 1. The number of phosphoric acid groups is 1. The lowest BCUT2D eigenvalue weighted by atomic mass is 10.0. The summed E-state index contributed by atoms with van der Waals surface area (Å²) in [4.78, 5) is 25.4. The van der Waals surface area contributed by atoms with E-state index in [1.54, 1.807) is 6.08 Å². The van der Waals surface area contributed by atoms with E-state index in [-0.39, 0.29) is 12.5 Å². The van der Waals surface area contributed by atoms with E-state index < -0.39 is 26.6 Å². The number of unbranched alkanes of at least 4 members (excludes halogenated alkanes) is 22. The molecule has 8 nitrogen and oxygen atoms in total. The zero-order chi connectivity index (χ0) is 45.7. The molecule has 0 aromatic carbocycles. The number of carbonyl (C=O) groups excluding carboxylic acids is 1. The van der Waals surface area contributed by atoms with Gasteiger partial charge in [-0.1, -0.05) is 202 Å². The fraction of sp³-hybridized carbons (Fsp3) is 0.755. The van der Waals surface area contributed by atoms with E-state index in [2.05, 4.69) is 79.9 Å². The molecule has 9 heteroatoms. The summed E-state index contributed by atoms with van der Waals surface area (Å²) in [6.07, 6.45) is 59.6. The molecule has 0 aromatic heterocycles. The van der Waals surface area contributed by atoms with Crippen molar-refractivity contribution in [3.63, 3.8) is 0 Å². The quantitative estimate of drug-likeness (QED) is 0.0273. The van der Waals surface area contributed by atoms with Gasteiger partial charge in [-0.05, 0) is 70.6 Å². The van der Waals surface area contributed by atoms with Crippen molar-refractivity contribution in [1.29, 1.82) is 0 Å². The van der Waals surface area contributed by atoms with Crippen molar-refractivity contribution in [3.05, 3.63) is 72.9 Å². The van der Waals surface area contributed by atoms with Gasteiger partial charge >= 0.3 is 0 Å². The first-order valence-electron chi connectivity index (χ1n) is 25.3. The van der Waals surface area contributed by atoms with Gasteiger partial charge in [0, 0.05) is 6.42 Å². The largest absolute Gasteiger partial charge is 0.756 e. The second-order valence-corrected chi connectivity index (χ2v) is 19.5. The van der Waals surface area contributed by atoms with Crippen LogP contribution in [0, 0.1) is 0 Å². The fourth-order valence-corrected chi connectivity index (χ4v) is 7.65. The van der Waals surface area contributed by atoms with Crippen LogP contribution in [0.5, 0.6) is 0 Å². The standard InChI is InChI=1S/C53H97N2O6P/c1-6-8-10-12-14-16-18-20-22-23-24-25-26-27-28-29-30-31-33-35-37-39-41-43-45-47-53(57)54-51(50-61-62(58,59)60-49-48-55(3,4)5)52(56)46-44-42-40-38-36-34-32-21-19-17-15-13-11-9-7-2/h8,10,14,16,20,22,24-25,36,38,44,46,51-52,56H,6-7,9,11-13,15,17-19,21,23,26-35,37,39-43,45,47-50H2,1-5H3,(H-,54,57,58,59)/b10-8-,16-14-,22-20-,25-24-,38-36+,46-44+. The second kappa shape index (κ2) is 44.2. The van der Waals surface area contributed by atoms with E-state index in [1.807, 2.05) is 27.2 Å². The predicted octanol–water partition coefficient (Wildman–Crippen LogP) is 14.1. The number of amides is 1. The number of phosphoric ester groups is 1. The normalized spacial score (nSPS) is 14.8. The lowest BCUT2D eigenvalue weighted by molar-refractivity contribution is -0.870. The summed E-state index contributed by atoms with van der Waals surface area (Å²) in [6, 6.07) is -0.907. The number of nitrogens with one attached hydrogen (secondary N) is 1. The molecule has 0 saturated carbocycles. The van der Waals surface area contributed by atoms with Crippen LogP contribution in [0.2, 0.25) is 0 Å². The molecule has 2 N–H and O–H groups in total. The number of quaternary nitrogens is 1. The Morgan fingerprint density at radius 2 is 1.00 bits per heavy atom. The molecule has 0 aliphatic carbocycles. The lowest BCUT2D eigenvalue weighted by Crippen LogP contribution is -2.45. The smallest absolute Gasteiger partial charge is 0.268 e. The summed E-state index contributed by atoms with van der Waals surface area (Å²) in [6.45, 7) is 4.50. The van der Waals surface area contributed by atoms with Gasteiger partial charge < -0.3 is 28.8 Å². The average Bonchev–Trinajstić information content (AvgIpc) is 3.23. The van der Waals surface area contributed by atoms with Crippen molar-refractivity contribution in [2.45, 2.75) is 219 Å². The van der Waals surface area contributed by atoms with Crippen LogP contribution in [-0.2, 0) is 18.4 Å². The van der Waals surface area contributed by atoms with Gasteiger partial charge in [-0.25, -0.2) is 0 Å². The van der Waals surface area contributed by atoms with Gasteiger partial charge in [0.25, 0.3) is 7.82 Å². The topological polar surface area (TPSA) is 108 Å². The molecular weight excluding hydrogens is 792 g/mol. The molecule has 0 aromatic rings. The Morgan fingerprint density at radius 3 is 1.50 bits per heavy atom. The van der Waals surface area contributed by atoms with Crippen LogP contribution in [0.1, 0.15) is 206 Å². The van der Waals surface area contributed by atoms with Gasteiger partial charge in [-0.15, -0.1) is 0 Å². The predicted molar refractivity (Wildman–Crippen MR) is 265 cm³/mol. The maximum Gasteiger partial charge on any atom is 0.268 e. The van der Waals surface area contributed by atoms with Crippen LogP contribution in [0.3, 0.4) is 0 Å². The summed E-state index contributed by atoms with van der Waals surface area (Å²) in [5, 5.41) is 13.8. The number of rotatable bonds is 45. The van der Waals surface area contributed by atoms with Crippen LogP contribution in [0.15, 0.2) is 72.9 Å². The number of allylic oxidation sites excluding steroid dienone is 11. The Morgan fingerprint density at radius 1 is 0.581 bits per heavy atom. The summed E-state index contributed by atoms with van der Waals surface area (Å²) in [7, 11) is 1.23. The van der Waals surface area contributed by atoms with E-state index in [4.69, 9.17) is 9.05 Å². The number of hydrogen-bond donors (Lipinski definition) is 2. The Balaban J connectivity index is 4.30. The second-order valence-electron chi connectivity index (χ2n) is 18.1. The zero-order valence-corrected chi connectivity index (χ0v) is 41.7. The van der Waals surface area contributed by atoms with Gasteiger partial charge in [0.15, 0.2) is 0 Å². The van der Waals surface area contributed by atoms with Gasteiger partial charge in [0.05, 0.1) is 39.9 Å². The minimum Gasteiger partial charge on any atom is -0.756 e. The summed E-state index contributed by atoms with van der Waals surface area (Å²) >= 11 is 0. The molecule has 0 saturated heterocycles. The van der Waals surface area contributed by atoms with Gasteiger partial charge in [-0.2, -0.15) is 0 Å². The van der Waals surface area contributed by atoms with Gasteiger partial charge in [-0.3, -0.25) is 9.36 Å². The van der Waals surface area contributed by atoms with E-state index in [1.165, 1.54) is 122 Å². The Labute approximate surface area is 383 Å². The molecule has 0 radical (unpaired) electrons. The van der Waals surface area contributed by atoms with Crippen LogP contribution < -0.4 is 10.2 Å². The average molecular weight is 889 g/mol. The molecule has 0 aliphatic rings. The summed E-state index contributed by atoms with van der Waals surface area (Å²) in [5.41, 5.74) is 0. The summed E-state index contributed by atoms with van der Waals surface area (Å²) < 4.78 is 23.2. The molecule has 360 valence electrons. The van der Waals surface area contributed by atoms with E-state index >= 15 is 0 Å². The van der Waals surface area contributed by atoms with Gasteiger partial charge in [0.1, 0.15) is 13.2 Å². The minimum absolute atomic E-state index is 0.00931. The van der Waals surface area contributed by atoms with Crippen molar-refractivity contribution >= 4 is 13.7 Å². The van der Waals surface area contributed by atoms with Crippen molar-refractivity contribution in [2.24, 2.45) is 0 Å². The summed E-state index contributed by atoms with van der Waals surface area (Å²) in [5.74, 6) is -0.212. The third kappa shape index (κ3) is 45.9. The van der Waals surface area contributed by atoms with Gasteiger partial charge in [0.2, 0.25) is 5.91 Å². The first kappa shape index (κ1) is 59.9. The first-order valence-corrected chi connectivity index (χ1v) is 26.8. The maximum absolute atomic E-state index is 12.9. The highest BCUT2D eigenvalue weighted by atomic mass is 31.2. The van der Waals surface area contributed by atoms with E-state index in [0.29, 0.717) is 17.4 Å². The molecule has 0 rings (SSSR count). The number of hydrogen-bond acceptors (Lipinski definition) is 6. The Hall–Kier alpha value is -2.06. The monoisotopic (exact) mass is 889 g/mol. The molecule has 3 atom stereocenters. The molecule has 3 unspecified atom stereocenters. The first-order chi connectivity index (χ1) is 30.0. The number of nitrogens with zero attached hydrogens (tertiary/aromatic N) is 1. The maximum atomic E-state index is 12.9. The Kier molecular flexibility index (Phi) is 42.7. The van der Waals surface area contributed by atoms with Crippen LogP contribution in [0.4, 0.5) is 0 Å². The zero-order valence-electron chi connectivity index (χ0n) is 40.8. The highest BCUT2D eigenvalue weighted by Crippen LogP contribution is 2.38. The highest BCUT2D eigenvalue weighted by Gasteiger charge is 2.23. The number of carbonyl (C=O) groups is 1. The molecule has 0 spiro atoms. The molecule has 0 heterocycles. The lowest BCUT2D eigenvalue weighted by Gasteiger charge is -2.29. The van der Waals surface area contributed by atoms with Crippen LogP contribution in [0.25, 0.3) is 0 Å². The van der Waals surface area contributed by atoms with Crippen molar-refractivity contribution in [3.8, 4) is 0 Å². The van der Waals surface area contributed by atoms with Crippen LogP contribution in [-0.4, -0.2) is 68.5 Å². The SMILES string of the molecule is CC/C=C\C/C=C\C/C=C\C/C=C\CCCCCCCCCCCCCCC(=O)NC(COP(=O)([O-])OCC[N+](C)(C)C)C(O)/C=C/CC/C=C/CCCCCCCCCCC. The molecule has 0 aliphatic heterocycles. The number of aliphatic hydroxyl groups excluding tert-OH is 1. The van der Waals surface area contributed by atoms with E-state index in [9.17, 15) is 19.4 Å².